The molecule has 20 heavy (non-hydrogen) atoms. The molecule has 0 fully saturated rings. The molecule has 1 unspecified atom stereocenters. The second-order valence-corrected chi connectivity index (χ2v) is 6.83. The minimum absolute atomic E-state index is 0.235. The van der Waals surface area contributed by atoms with Crippen molar-refractivity contribution in [2.45, 2.75) is 29.9 Å². The summed E-state index contributed by atoms with van der Waals surface area (Å²) in [4.78, 5) is 1.24. The van der Waals surface area contributed by atoms with Crippen LogP contribution in [0.25, 0.3) is 0 Å². The predicted octanol–water partition coefficient (Wildman–Crippen LogP) is 5.26. The van der Waals surface area contributed by atoms with Crippen LogP contribution >= 0.6 is 23.4 Å². The molecule has 0 spiro atoms. The van der Waals surface area contributed by atoms with Crippen LogP contribution in [-0.4, -0.2) is 6.54 Å². The molecule has 0 radical (unpaired) electrons. The van der Waals surface area contributed by atoms with Gasteiger partial charge in [-0.2, -0.15) is 0 Å². The van der Waals surface area contributed by atoms with Gasteiger partial charge >= 0.3 is 0 Å². The van der Waals surface area contributed by atoms with Gasteiger partial charge in [-0.25, -0.2) is 0 Å². The molecule has 1 nitrogen and oxygen atoms in total. The minimum atomic E-state index is 0.235. The number of rotatable bonds is 5. The van der Waals surface area contributed by atoms with E-state index in [-0.39, 0.29) is 5.25 Å². The molecule has 0 amide bonds. The lowest BCUT2D eigenvalue weighted by atomic mass is 10.0. The fraction of sp³-hybridized carbons (Fsp3) is 0.294. The third kappa shape index (κ3) is 4.02. The maximum Gasteiger partial charge on any atom is 0.0467 e. The van der Waals surface area contributed by atoms with E-state index in [9.17, 15) is 0 Å². The quantitative estimate of drug-likeness (QED) is 0.763. The predicted molar refractivity (Wildman–Crippen MR) is 89.6 cm³/mol. The van der Waals surface area contributed by atoms with E-state index in [0.29, 0.717) is 12.5 Å². The number of halogens is 1. The number of benzene rings is 2. The van der Waals surface area contributed by atoms with Gasteiger partial charge in [-0.3, -0.25) is 0 Å². The summed E-state index contributed by atoms with van der Waals surface area (Å²) in [6, 6.07) is 16.7. The SMILES string of the molecule is CC(C)c1ccc(SC(CN)c2cccc(Cl)c2)cc1. The Morgan fingerprint density at radius 1 is 1.05 bits per heavy atom. The molecule has 0 heterocycles. The van der Waals surface area contributed by atoms with E-state index in [4.69, 9.17) is 17.3 Å². The number of nitrogens with two attached hydrogens (primary N) is 1. The Kier molecular flexibility index (Phi) is 5.53. The summed E-state index contributed by atoms with van der Waals surface area (Å²) in [6.07, 6.45) is 0. The van der Waals surface area contributed by atoms with Gasteiger partial charge in [-0.05, 0) is 41.3 Å². The van der Waals surface area contributed by atoms with Crippen molar-refractivity contribution in [1.82, 2.24) is 0 Å². The molecule has 1 atom stereocenters. The van der Waals surface area contributed by atoms with E-state index >= 15 is 0 Å². The van der Waals surface area contributed by atoms with Gasteiger partial charge in [-0.15, -0.1) is 11.8 Å². The van der Waals surface area contributed by atoms with Gasteiger partial charge in [0.25, 0.3) is 0 Å². The Hall–Kier alpha value is -0.960. The third-order valence-electron chi connectivity index (χ3n) is 3.26. The van der Waals surface area contributed by atoms with Crippen molar-refractivity contribution in [3.05, 3.63) is 64.7 Å². The van der Waals surface area contributed by atoms with Gasteiger partial charge in [-0.1, -0.05) is 49.7 Å². The van der Waals surface area contributed by atoms with Crippen LogP contribution in [0.15, 0.2) is 53.4 Å². The third-order valence-corrected chi connectivity index (χ3v) is 4.79. The van der Waals surface area contributed by atoms with E-state index in [1.807, 2.05) is 18.2 Å². The van der Waals surface area contributed by atoms with E-state index in [2.05, 4.69) is 44.2 Å². The first kappa shape index (κ1) is 15.4. The summed E-state index contributed by atoms with van der Waals surface area (Å²) in [5.41, 5.74) is 8.46. The van der Waals surface area contributed by atoms with Crippen molar-refractivity contribution in [1.29, 1.82) is 0 Å². The Morgan fingerprint density at radius 2 is 1.75 bits per heavy atom. The average molecular weight is 306 g/mol. The molecule has 0 aliphatic carbocycles. The van der Waals surface area contributed by atoms with Crippen LogP contribution in [0, 0.1) is 0 Å². The molecular weight excluding hydrogens is 286 g/mol. The Balaban J connectivity index is 2.14. The highest BCUT2D eigenvalue weighted by molar-refractivity contribution is 7.99. The number of thioether (sulfide) groups is 1. The fourth-order valence-electron chi connectivity index (χ4n) is 2.05. The summed E-state index contributed by atoms with van der Waals surface area (Å²) in [5, 5.41) is 0.996. The second kappa shape index (κ2) is 7.16. The molecule has 0 aromatic heterocycles. The van der Waals surface area contributed by atoms with Gasteiger partial charge in [0.1, 0.15) is 0 Å². The molecule has 0 aliphatic rings. The first-order valence-electron chi connectivity index (χ1n) is 6.82. The standard InChI is InChI=1S/C17H20ClNS/c1-12(2)13-6-8-16(9-7-13)20-17(11-19)14-4-3-5-15(18)10-14/h3-10,12,17H,11,19H2,1-2H3. The Morgan fingerprint density at radius 3 is 2.30 bits per heavy atom. The summed E-state index contributed by atoms with van der Waals surface area (Å²) in [7, 11) is 0. The highest BCUT2D eigenvalue weighted by atomic mass is 35.5. The molecule has 2 N–H and O–H groups in total. The maximum atomic E-state index is 6.05. The highest BCUT2D eigenvalue weighted by Crippen LogP contribution is 2.35. The lowest BCUT2D eigenvalue weighted by Gasteiger charge is -2.16. The molecule has 106 valence electrons. The molecule has 0 saturated heterocycles. The van der Waals surface area contributed by atoms with Crippen LogP contribution in [0.5, 0.6) is 0 Å². The van der Waals surface area contributed by atoms with Gasteiger partial charge in [0, 0.05) is 21.7 Å². The van der Waals surface area contributed by atoms with Crippen LogP contribution in [0.1, 0.15) is 36.1 Å². The minimum Gasteiger partial charge on any atom is -0.329 e. The lowest BCUT2D eigenvalue weighted by molar-refractivity contribution is 0.864. The van der Waals surface area contributed by atoms with Gasteiger partial charge < -0.3 is 5.73 Å². The smallest absolute Gasteiger partial charge is 0.0467 e. The van der Waals surface area contributed by atoms with Crippen LogP contribution < -0.4 is 5.73 Å². The van der Waals surface area contributed by atoms with Crippen LogP contribution in [0.2, 0.25) is 5.02 Å². The molecule has 0 aliphatic heterocycles. The largest absolute Gasteiger partial charge is 0.329 e. The molecular formula is C17H20ClNS. The zero-order valence-electron chi connectivity index (χ0n) is 11.8. The first-order valence-corrected chi connectivity index (χ1v) is 8.08. The molecule has 0 saturated carbocycles. The van der Waals surface area contributed by atoms with Crippen molar-refractivity contribution >= 4 is 23.4 Å². The average Bonchev–Trinajstić information content (AvgIpc) is 2.45. The molecule has 2 aromatic rings. The van der Waals surface area contributed by atoms with E-state index < -0.39 is 0 Å². The topological polar surface area (TPSA) is 26.0 Å². The Bertz CT molecular complexity index is 551. The normalized spacial score (nSPS) is 12.7. The number of hydrogen-bond acceptors (Lipinski definition) is 2. The summed E-state index contributed by atoms with van der Waals surface area (Å²) in [5.74, 6) is 0.562. The van der Waals surface area contributed by atoms with Crippen LogP contribution in [0.4, 0.5) is 0 Å². The van der Waals surface area contributed by atoms with E-state index in [0.717, 1.165) is 5.02 Å². The zero-order valence-corrected chi connectivity index (χ0v) is 13.4. The van der Waals surface area contributed by atoms with Crippen molar-refractivity contribution in [3.63, 3.8) is 0 Å². The Labute approximate surface area is 130 Å². The van der Waals surface area contributed by atoms with Crippen LogP contribution in [0.3, 0.4) is 0 Å². The van der Waals surface area contributed by atoms with Gasteiger partial charge in [0.15, 0.2) is 0 Å². The zero-order chi connectivity index (χ0) is 14.5. The fourth-order valence-corrected chi connectivity index (χ4v) is 3.25. The summed E-state index contributed by atoms with van der Waals surface area (Å²) in [6.45, 7) is 5.00. The van der Waals surface area contributed by atoms with Crippen molar-refractivity contribution in [3.8, 4) is 0 Å². The molecule has 3 heteroatoms. The maximum absolute atomic E-state index is 6.05. The summed E-state index contributed by atoms with van der Waals surface area (Å²) >= 11 is 7.84. The highest BCUT2D eigenvalue weighted by Gasteiger charge is 2.12. The molecule has 2 rings (SSSR count). The van der Waals surface area contributed by atoms with Crippen molar-refractivity contribution < 1.29 is 0 Å². The molecule has 0 bridgehead atoms. The van der Waals surface area contributed by atoms with Crippen molar-refractivity contribution in [2.24, 2.45) is 5.73 Å². The molecule has 2 aromatic carbocycles. The first-order chi connectivity index (χ1) is 9.60. The van der Waals surface area contributed by atoms with Gasteiger partial charge in [0.2, 0.25) is 0 Å². The lowest BCUT2D eigenvalue weighted by Crippen LogP contribution is -2.09. The van der Waals surface area contributed by atoms with Gasteiger partial charge in [0.05, 0.1) is 0 Å². The van der Waals surface area contributed by atoms with E-state index in [1.165, 1.54) is 16.0 Å². The second-order valence-electron chi connectivity index (χ2n) is 5.12. The monoisotopic (exact) mass is 305 g/mol. The summed E-state index contributed by atoms with van der Waals surface area (Å²) < 4.78 is 0. The number of hydrogen-bond donors (Lipinski definition) is 1. The van der Waals surface area contributed by atoms with Crippen molar-refractivity contribution in [2.75, 3.05) is 6.54 Å². The van der Waals surface area contributed by atoms with E-state index in [1.54, 1.807) is 11.8 Å². The van der Waals surface area contributed by atoms with Crippen LogP contribution in [-0.2, 0) is 0 Å².